The van der Waals surface area contributed by atoms with Crippen molar-refractivity contribution in [3.63, 3.8) is 0 Å². The summed E-state index contributed by atoms with van der Waals surface area (Å²) in [5.41, 5.74) is 3.55. The number of ether oxygens (including phenoxy) is 1. The van der Waals surface area contributed by atoms with Crippen LogP contribution in [0, 0.1) is 13.8 Å². The van der Waals surface area contributed by atoms with E-state index in [0.29, 0.717) is 34.9 Å². The number of hydrogen-bond donors (Lipinski definition) is 2. The molecule has 0 saturated carbocycles. The van der Waals surface area contributed by atoms with E-state index in [1.165, 1.54) is 0 Å². The van der Waals surface area contributed by atoms with E-state index in [-0.39, 0.29) is 11.7 Å². The summed E-state index contributed by atoms with van der Waals surface area (Å²) in [6, 6.07) is 14.0. The largest absolute Gasteiger partial charge is 0.487 e. The molecule has 0 aliphatic carbocycles. The molecule has 2 heterocycles. The molecule has 7 nitrogen and oxygen atoms in total. The number of hydrogen-bond acceptors (Lipinski definition) is 6. The number of nitrogens with one attached hydrogen (secondary N) is 2. The SMILES string of the molecule is Cc1cc(C)nc(Nc2ccc(C(=O)Nc3ccc4c(c3)C(=O)CC(C)(C)O4)cc2)n1. The minimum absolute atomic E-state index is 0.00591. The highest BCUT2D eigenvalue weighted by molar-refractivity contribution is 6.06. The number of fused-ring (bicyclic) bond motifs is 1. The molecule has 1 aliphatic heterocycles. The molecule has 0 unspecified atom stereocenters. The highest BCUT2D eigenvalue weighted by Crippen LogP contribution is 2.34. The Morgan fingerprint density at radius 1 is 0.968 bits per heavy atom. The van der Waals surface area contributed by atoms with Crippen molar-refractivity contribution in [1.82, 2.24) is 9.97 Å². The summed E-state index contributed by atoms with van der Waals surface area (Å²) < 4.78 is 5.86. The molecule has 0 fully saturated rings. The molecular formula is C24H24N4O3. The first-order valence-corrected chi connectivity index (χ1v) is 10.1. The van der Waals surface area contributed by atoms with Gasteiger partial charge in [-0.05, 0) is 76.2 Å². The van der Waals surface area contributed by atoms with E-state index in [2.05, 4.69) is 20.6 Å². The van der Waals surface area contributed by atoms with E-state index in [4.69, 9.17) is 4.74 Å². The Labute approximate surface area is 180 Å². The molecule has 3 aromatic rings. The van der Waals surface area contributed by atoms with E-state index in [9.17, 15) is 9.59 Å². The van der Waals surface area contributed by atoms with Gasteiger partial charge < -0.3 is 15.4 Å². The number of Topliss-reactive ketones (excluding diaryl/α,β-unsaturated/α-hetero) is 1. The lowest BCUT2D eigenvalue weighted by molar-refractivity contribution is 0.0620. The minimum atomic E-state index is -0.521. The van der Waals surface area contributed by atoms with Gasteiger partial charge in [-0.2, -0.15) is 0 Å². The number of carbonyl (C=O) groups is 2. The number of carbonyl (C=O) groups excluding carboxylic acids is 2. The first-order valence-electron chi connectivity index (χ1n) is 10.1. The Hall–Kier alpha value is -3.74. The van der Waals surface area contributed by atoms with Crippen LogP contribution in [0.25, 0.3) is 0 Å². The molecule has 0 radical (unpaired) electrons. The summed E-state index contributed by atoms with van der Waals surface area (Å²) in [6.07, 6.45) is 0.302. The van der Waals surface area contributed by atoms with Gasteiger partial charge in [0.1, 0.15) is 11.4 Å². The van der Waals surface area contributed by atoms with Crippen LogP contribution in [0.5, 0.6) is 5.75 Å². The number of benzene rings is 2. The summed E-state index contributed by atoms with van der Waals surface area (Å²) in [6.45, 7) is 7.59. The third kappa shape index (κ3) is 4.71. The first kappa shape index (κ1) is 20.5. The number of amides is 1. The predicted molar refractivity (Wildman–Crippen MR) is 119 cm³/mol. The van der Waals surface area contributed by atoms with Crippen molar-refractivity contribution < 1.29 is 14.3 Å². The Balaban J connectivity index is 1.46. The van der Waals surface area contributed by atoms with Crippen LogP contribution in [-0.2, 0) is 0 Å². The Morgan fingerprint density at radius 3 is 2.29 bits per heavy atom. The fourth-order valence-corrected chi connectivity index (χ4v) is 3.55. The van der Waals surface area contributed by atoms with Gasteiger partial charge in [0.25, 0.3) is 5.91 Å². The average molecular weight is 416 g/mol. The molecule has 1 aromatic heterocycles. The van der Waals surface area contributed by atoms with Gasteiger partial charge in [-0.15, -0.1) is 0 Å². The van der Waals surface area contributed by atoms with Crippen LogP contribution in [0.2, 0.25) is 0 Å². The maximum absolute atomic E-state index is 12.7. The maximum atomic E-state index is 12.7. The highest BCUT2D eigenvalue weighted by Gasteiger charge is 2.32. The summed E-state index contributed by atoms with van der Waals surface area (Å²) in [7, 11) is 0. The zero-order chi connectivity index (χ0) is 22.2. The van der Waals surface area contributed by atoms with Gasteiger partial charge in [0.15, 0.2) is 5.78 Å². The van der Waals surface area contributed by atoms with Crippen LogP contribution < -0.4 is 15.4 Å². The molecule has 2 N–H and O–H groups in total. The molecule has 0 atom stereocenters. The fraction of sp³-hybridized carbons (Fsp3) is 0.250. The second kappa shape index (κ2) is 7.83. The molecule has 31 heavy (non-hydrogen) atoms. The van der Waals surface area contributed by atoms with Gasteiger partial charge in [-0.25, -0.2) is 9.97 Å². The molecule has 0 saturated heterocycles. The molecule has 1 aliphatic rings. The number of nitrogens with zero attached hydrogens (tertiary/aromatic N) is 2. The monoisotopic (exact) mass is 416 g/mol. The van der Waals surface area contributed by atoms with Gasteiger partial charge in [-0.1, -0.05) is 0 Å². The van der Waals surface area contributed by atoms with Crippen LogP contribution in [-0.4, -0.2) is 27.3 Å². The van der Waals surface area contributed by atoms with Gasteiger partial charge in [-0.3, -0.25) is 9.59 Å². The predicted octanol–water partition coefficient (Wildman–Crippen LogP) is 4.83. The molecule has 0 spiro atoms. The van der Waals surface area contributed by atoms with E-state index in [0.717, 1.165) is 17.1 Å². The highest BCUT2D eigenvalue weighted by atomic mass is 16.5. The molecule has 0 bridgehead atoms. The first-order chi connectivity index (χ1) is 14.7. The Kier molecular flexibility index (Phi) is 5.19. The van der Waals surface area contributed by atoms with E-state index >= 15 is 0 Å². The summed E-state index contributed by atoms with van der Waals surface area (Å²) in [4.78, 5) is 33.8. The summed E-state index contributed by atoms with van der Waals surface area (Å²) in [5, 5.41) is 5.98. The van der Waals surface area contributed by atoms with E-state index in [1.807, 2.05) is 33.8 Å². The van der Waals surface area contributed by atoms with Crippen molar-refractivity contribution in [1.29, 1.82) is 0 Å². The quantitative estimate of drug-likeness (QED) is 0.633. The third-order valence-corrected chi connectivity index (χ3v) is 4.90. The lowest BCUT2D eigenvalue weighted by Gasteiger charge is -2.31. The van der Waals surface area contributed by atoms with Gasteiger partial charge in [0, 0.05) is 28.3 Å². The molecule has 158 valence electrons. The van der Waals surface area contributed by atoms with Crippen LogP contribution in [0.1, 0.15) is 52.4 Å². The summed E-state index contributed by atoms with van der Waals surface area (Å²) in [5.74, 6) is 0.798. The number of aryl methyl sites for hydroxylation is 2. The van der Waals surface area contributed by atoms with Crippen molar-refractivity contribution in [2.45, 2.75) is 39.7 Å². The lowest BCUT2D eigenvalue weighted by Crippen LogP contribution is -2.35. The van der Waals surface area contributed by atoms with Gasteiger partial charge in [0.05, 0.1) is 12.0 Å². The number of ketones is 1. The van der Waals surface area contributed by atoms with E-state index < -0.39 is 5.60 Å². The molecule has 7 heteroatoms. The molecular weight excluding hydrogens is 392 g/mol. The van der Waals surface area contributed by atoms with Gasteiger partial charge in [0.2, 0.25) is 5.95 Å². The van der Waals surface area contributed by atoms with Gasteiger partial charge >= 0.3 is 0 Å². The van der Waals surface area contributed by atoms with Crippen LogP contribution in [0.4, 0.5) is 17.3 Å². The van der Waals surface area contributed by atoms with Crippen molar-refractivity contribution in [3.05, 3.63) is 71.0 Å². The minimum Gasteiger partial charge on any atom is -0.487 e. The zero-order valence-electron chi connectivity index (χ0n) is 17.9. The fourth-order valence-electron chi connectivity index (χ4n) is 3.55. The topological polar surface area (TPSA) is 93.2 Å². The second-order valence-corrected chi connectivity index (χ2v) is 8.30. The van der Waals surface area contributed by atoms with Crippen LogP contribution in [0.3, 0.4) is 0 Å². The Bertz CT molecular complexity index is 1150. The normalized spacial score (nSPS) is 14.4. The average Bonchev–Trinajstić information content (AvgIpc) is 2.67. The smallest absolute Gasteiger partial charge is 0.255 e. The van der Waals surface area contributed by atoms with E-state index in [1.54, 1.807) is 42.5 Å². The maximum Gasteiger partial charge on any atom is 0.255 e. The second-order valence-electron chi connectivity index (χ2n) is 8.30. The molecule has 2 aromatic carbocycles. The Morgan fingerprint density at radius 2 is 1.61 bits per heavy atom. The van der Waals surface area contributed by atoms with Crippen molar-refractivity contribution in [2.75, 3.05) is 10.6 Å². The molecule has 1 amide bonds. The number of rotatable bonds is 4. The molecule has 4 rings (SSSR count). The lowest BCUT2D eigenvalue weighted by atomic mass is 9.93. The third-order valence-electron chi connectivity index (χ3n) is 4.90. The number of anilines is 3. The van der Waals surface area contributed by atoms with Crippen LogP contribution in [0.15, 0.2) is 48.5 Å². The zero-order valence-corrected chi connectivity index (χ0v) is 17.9. The van der Waals surface area contributed by atoms with Crippen molar-refractivity contribution >= 4 is 29.0 Å². The van der Waals surface area contributed by atoms with Crippen molar-refractivity contribution in [2.24, 2.45) is 0 Å². The summed E-state index contributed by atoms with van der Waals surface area (Å²) >= 11 is 0. The van der Waals surface area contributed by atoms with Crippen molar-refractivity contribution in [3.8, 4) is 5.75 Å². The van der Waals surface area contributed by atoms with Crippen LogP contribution >= 0.6 is 0 Å². The number of aromatic nitrogens is 2. The standard InChI is InChI=1S/C24H24N4O3/c1-14-11-15(2)26-23(25-14)28-17-7-5-16(6-8-17)22(30)27-18-9-10-21-19(12-18)20(29)13-24(3,4)31-21/h5-12H,13H2,1-4H3,(H,27,30)(H,25,26,28).